The van der Waals surface area contributed by atoms with E-state index < -0.39 is 17.4 Å². The van der Waals surface area contributed by atoms with Gasteiger partial charge in [0.1, 0.15) is 0 Å². The summed E-state index contributed by atoms with van der Waals surface area (Å²) in [4.78, 5) is 25.8. The maximum absolute atomic E-state index is 12.9. The van der Waals surface area contributed by atoms with E-state index in [1.165, 1.54) is 0 Å². The predicted octanol–water partition coefficient (Wildman–Crippen LogP) is 4.56. The van der Waals surface area contributed by atoms with E-state index in [2.05, 4.69) is 13.8 Å². The first-order chi connectivity index (χ1) is 12.0. The Kier molecular flexibility index (Phi) is 9.25. The van der Waals surface area contributed by atoms with E-state index in [0.717, 1.165) is 24.8 Å². The van der Waals surface area contributed by atoms with E-state index in [9.17, 15) is 9.59 Å². The molecule has 1 aromatic rings. The second-order valence-corrected chi connectivity index (χ2v) is 6.95. The molecule has 0 aliphatic carbocycles. The molecule has 0 radical (unpaired) electrons. The van der Waals surface area contributed by atoms with Gasteiger partial charge in [0.2, 0.25) is 0 Å². The highest BCUT2D eigenvalue weighted by atomic mass is 16.6. The number of benzene rings is 1. The van der Waals surface area contributed by atoms with Crippen LogP contribution in [0.3, 0.4) is 0 Å². The Morgan fingerprint density at radius 1 is 0.960 bits per heavy atom. The molecule has 0 fully saturated rings. The van der Waals surface area contributed by atoms with Crippen molar-refractivity contribution in [1.82, 2.24) is 0 Å². The molecule has 1 rings (SSSR count). The van der Waals surface area contributed by atoms with Gasteiger partial charge in [-0.15, -0.1) is 0 Å². The third-order valence-corrected chi connectivity index (χ3v) is 4.15. The molecule has 0 unspecified atom stereocenters. The Hall–Kier alpha value is -1.84. The van der Waals surface area contributed by atoms with E-state index >= 15 is 0 Å². The quantitative estimate of drug-likeness (QED) is 0.434. The number of carbonyl (C=O) groups is 2. The number of carbonyl (C=O) groups excluding carboxylic acids is 2. The van der Waals surface area contributed by atoms with Gasteiger partial charge in [-0.25, -0.2) is 0 Å². The number of hydrogen-bond acceptors (Lipinski definition) is 4. The third kappa shape index (κ3) is 6.52. The number of hydrogen-bond donors (Lipinski definition) is 0. The fraction of sp³-hybridized carbons (Fsp3) is 0.619. The van der Waals surface area contributed by atoms with Gasteiger partial charge >= 0.3 is 11.9 Å². The summed E-state index contributed by atoms with van der Waals surface area (Å²) in [5.74, 6) is -0.534. The zero-order valence-electron chi connectivity index (χ0n) is 16.0. The van der Waals surface area contributed by atoms with Gasteiger partial charge in [-0.1, -0.05) is 58.0 Å². The first-order valence-electron chi connectivity index (χ1n) is 9.34. The average molecular weight is 348 g/mol. The average Bonchev–Trinajstić information content (AvgIpc) is 2.61. The molecule has 140 valence electrons. The fourth-order valence-corrected chi connectivity index (χ4v) is 2.67. The van der Waals surface area contributed by atoms with Gasteiger partial charge in [0.15, 0.2) is 5.41 Å². The van der Waals surface area contributed by atoms with Gasteiger partial charge in [-0.2, -0.15) is 0 Å². The molecule has 4 heteroatoms. The largest absolute Gasteiger partial charge is 0.465 e. The van der Waals surface area contributed by atoms with Crippen molar-refractivity contribution >= 4 is 11.9 Å². The van der Waals surface area contributed by atoms with Crippen LogP contribution in [0.1, 0.15) is 58.9 Å². The summed E-state index contributed by atoms with van der Waals surface area (Å²) in [6, 6.07) is 9.62. The maximum atomic E-state index is 12.9. The molecule has 0 aliphatic rings. The van der Waals surface area contributed by atoms with Gasteiger partial charge in [0.05, 0.1) is 13.2 Å². The minimum Gasteiger partial charge on any atom is -0.465 e. The lowest BCUT2D eigenvalue weighted by Gasteiger charge is -2.30. The second-order valence-electron chi connectivity index (χ2n) is 6.95. The summed E-state index contributed by atoms with van der Waals surface area (Å²) < 4.78 is 10.8. The van der Waals surface area contributed by atoms with Crippen LogP contribution in [0, 0.1) is 11.3 Å². The Morgan fingerprint density at radius 3 is 1.92 bits per heavy atom. The van der Waals surface area contributed by atoms with Crippen molar-refractivity contribution in [3.63, 3.8) is 0 Å². The molecular weight excluding hydrogens is 316 g/mol. The number of esters is 2. The third-order valence-electron chi connectivity index (χ3n) is 4.15. The molecule has 0 N–H and O–H groups in total. The molecule has 0 bridgehead atoms. The van der Waals surface area contributed by atoms with Gasteiger partial charge in [0, 0.05) is 0 Å². The standard InChI is InChI=1S/C21H32O4/c1-5-14-24-19(22)21(13-12-17(3)4,20(23)25-15-6-2)16-18-10-8-7-9-11-18/h7-11,17H,5-6,12-16H2,1-4H3. The highest BCUT2D eigenvalue weighted by molar-refractivity contribution is 6.00. The summed E-state index contributed by atoms with van der Waals surface area (Å²) in [6.07, 6.45) is 2.95. The Bertz CT molecular complexity index is 502. The van der Waals surface area contributed by atoms with Crippen molar-refractivity contribution in [2.45, 2.75) is 59.8 Å². The van der Waals surface area contributed by atoms with E-state index in [1.54, 1.807) is 0 Å². The molecule has 0 aromatic heterocycles. The second kappa shape index (κ2) is 10.9. The molecule has 0 aliphatic heterocycles. The van der Waals surface area contributed by atoms with Crippen molar-refractivity contribution in [2.24, 2.45) is 11.3 Å². The maximum Gasteiger partial charge on any atom is 0.323 e. The monoisotopic (exact) mass is 348 g/mol. The van der Waals surface area contributed by atoms with Crippen molar-refractivity contribution in [1.29, 1.82) is 0 Å². The van der Waals surface area contributed by atoms with E-state index in [-0.39, 0.29) is 0 Å². The normalized spacial score (nSPS) is 11.4. The molecule has 4 nitrogen and oxygen atoms in total. The van der Waals surface area contributed by atoms with Crippen LogP contribution in [-0.4, -0.2) is 25.2 Å². The number of rotatable bonds is 11. The van der Waals surface area contributed by atoms with E-state index in [4.69, 9.17) is 9.47 Å². The van der Waals surface area contributed by atoms with Gasteiger partial charge in [-0.05, 0) is 43.6 Å². The summed E-state index contributed by atoms with van der Waals surface area (Å²) in [7, 11) is 0. The summed E-state index contributed by atoms with van der Waals surface area (Å²) in [6.45, 7) is 8.69. The molecular formula is C21H32O4. The van der Waals surface area contributed by atoms with Crippen molar-refractivity contribution in [2.75, 3.05) is 13.2 Å². The lowest BCUT2D eigenvalue weighted by molar-refractivity contribution is -0.173. The molecule has 0 heterocycles. The summed E-state index contributed by atoms with van der Waals surface area (Å²) in [5, 5.41) is 0. The molecule has 0 saturated heterocycles. The zero-order valence-corrected chi connectivity index (χ0v) is 16.0. The van der Waals surface area contributed by atoms with Crippen LogP contribution >= 0.6 is 0 Å². The first-order valence-corrected chi connectivity index (χ1v) is 9.34. The van der Waals surface area contributed by atoms with Crippen molar-refractivity contribution in [3.8, 4) is 0 Å². The van der Waals surface area contributed by atoms with E-state index in [1.807, 2.05) is 44.2 Å². The Morgan fingerprint density at radius 2 is 1.48 bits per heavy atom. The lowest BCUT2D eigenvalue weighted by Crippen LogP contribution is -2.44. The minimum absolute atomic E-state index is 0.311. The van der Waals surface area contributed by atoms with Crippen molar-refractivity contribution in [3.05, 3.63) is 35.9 Å². The minimum atomic E-state index is -1.27. The Balaban J connectivity index is 3.18. The fourth-order valence-electron chi connectivity index (χ4n) is 2.67. The smallest absolute Gasteiger partial charge is 0.323 e. The predicted molar refractivity (Wildman–Crippen MR) is 99.2 cm³/mol. The lowest BCUT2D eigenvalue weighted by atomic mass is 9.76. The topological polar surface area (TPSA) is 52.6 Å². The van der Waals surface area contributed by atoms with E-state index in [0.29, 0.717) is 32.0 Å². The van der Waals surface area contributed by atoms with Crippen molar-refractivity contribution < 1.29 is 19.1 Å². The van der Waals surface area contributed by atoms with Gasteiger partial charge in [-0.3, -0.25) is 9.59 Å². The zero-order chi connectivity index (χ0) is 18.7. The van der Waals surface area contributed by atoms with Crippen LogP contribution in [0.15, 0.2) is 30.3 Å². The van der Waals surface area contributed by atoms with Crippen LogP contribution < -0.4 is 0 Å². The first kappa shape index (κ1) is 21.2. The molecule has 1 aromatic carbocycles. The molecule has 0 atom stereocenters. The Labute approximate surface area is 151 Å². The highest BCUT2D eigenvalue weighted by Gasteiger charge is 2.48. The number of ether oxygens (including phenoxy) is 2. The van der Waals surface area contributed by atoms with Gasteiger partial charge < -0.3 is 9.47 Å². The SMILES string of the molecule is CCCOC(=O)C(CCC(C)C)(Cc1ccccc1)C(=O)OCCC. The van der Waals surface area contributed by atoms with Crippen LogP contribution in [0.4, 0.5) is 0 Å². The van der Waals surface area contributed by atoms with Crippen LogP contribution in [0.25, 0.3) is 0 Å². The highest BCUT2D eigenvalue weighted by Crippen LogP contribution is 2.34. The molecule has 0 saturated carbocycles. The summed E-state index contributed by atoms with van der Waals surface area (Å²) >= 11 is 0. The molecule has 0 amide bonds. The molecule has 25 heavy (non-hydrogen) atoms. The van der Waals surface area contributed by atoms with Crippen LogP contribution in [-0.2, 0) is 25.5 Å². The van der Waals surface area contributed by atoms with Crippen LogP contribution in [0.2, 0.25) is 0 Å². The molecule has 0 spiro atoms. The van der Waals surface area contributed by atoms with Crippen LogP contribution in [0.5, 0.6) is 0 Å². The van der Waals surface area contributed by atoms with Gasteiger partial charge in [0.25, 0.3) is 0 Å². The summed E-state index contributed by atoms with van der Waals surface area (Å²) in [5.41, 5.74) is -0.330.